The molecule has 0 fully saturated rings. The van der Waals surface area contributed by atoms with Gasteiger partial charge in [-0.15, -0.1) is 0 Å². The maximum absolute atomic E-state index is 9.33. The van der Waals surface area contributed by atoms with Crippen LogP contribution in [0, 0.1) is 4.77 Å². The molecule has 3 rings (SSSR count). The van der Waals surface area contributed by atoms with Crippen molar-refractivity contribution in [1.82, 2.24) is 19.2 Å². The minimum Gasteiger partial charge on any atom is -0.388 e. The highest BCUT2D eigenvalue weighted by molar-refractivity contribution is 7.71. The molecule has 0 saturated carbocycles. The van der Waals surface area contributed by atoms with Crippen LogP contribution in [0.15, 0.2) is 24.3 Å². The van der Waals surface area contributed by atoms with E-state index in [1.54, 1.807) is 4.57 Å². The fourth-order valence-electron chi connectivity index (χ4n) is 3.29. The summed E-state index contributed by atoms with van der Waals surface area (Å²) in [6, 6.07) is 9.08. The van der Waals surface area contributed by atoms with Crippen LogP contribution in [0.3, 0.4) is 0 Å². The first-order valence-electron chi connectivity index (χ1n) is 7.71. The molecule has 0 amide bonds. The molecule has 1 aliphatic heterocycles. The topological polar surface area (TPSA) is 46.2 Å². The van der Waals surface area contributed by atoms with Crippen molar-refractivity contribution in [3.8, 4) is 0 Å². The molecular weight excluding hydrogens is 296 g/mol. The van der Waals surface area contributed by atoms with E-state index < -0.39 is 0 Å². The van der Waals surface area contributed by atoms with E-state index in [0.717, 1.165) is 19.4 Å². The van der Waals surface area contributed by atoms with Crippen LogP contribution < -0.4 is 0 Å². The second-order valence-electron chi connectivity index (χ2n) is 5.74. The minimum absolute atomic E-state index is 0.0901. The van der Waals surface area contributed by atoms with E-state index in [4.69, 9.17) is 12.2 Å². The van der Waals surface area contributed by atoms with Crippen molar-refractivity contribution in [3.05, 3.63) is 46.0 Å². The summed E-state index contributed by atoms with van der Waals surface area (Å²) in [6.45, 7) is 3.80. The van der Waals surface area contributed by atoms with Gasteiger partial charge < -0.3 is 9.67 Å². The Labute approximate surface area is 135 Å². The fourth-order valence-corrected chi connectivity index (χ4v) is 3.49. The van der Waals surface area contributed by atoms with Crippen LogP contribution in [0.25, 0.3) is 0 Å². The number of rotatable bonds is 4. The molecule has 1 atom stereocenters. The van der Waals surface area contributed by atoms with E-state index in [2.05, 4.69) is 41.2 Å². The van der Waals surface area contributed by atoms with Crippen molar-refractivity contribution in [2.45, 2.75) is 39.1 Å². The summed E-state index contributed by atoms with van der Waals surface area (Å²) in [5, 5.41) is 13.8. The van der Waals surface area contributed by atoms with Gasteiger partial charge in [0.2, 0.25) is 0 Å². The molecule has 0 spiro atoms. The molecule has 2 heterocycles. The number of aliphatic hydroxyl groups is 1. The molecule has 5 nitrogen and oxygen atoms in total. The zero-order valence-corrected chi connectivity index (χ0v) is 13.9. The van der Waals surface area contributed by atoms with Crippen LogP contribution in [0.2, 0.25) is 0 Å². The van der Waals surface area contributed by atoms with E-state index >= 15 is 0 Å². The van der Waals surface area contributed by atoms with Gasteiger partial charge >= 0.3 is 0 Å². The maximum atomic E-state index is 9.33. The van der Waals surface area contributed by atoms with Crippen LogP contribution in [0.4, 0.5) is 0 Å². The largest absolute Gasteiger partial charge is 0.388 e. The van der Waals surface area contributed by atoms with Crippen LogP contribution in [-0.2, 0) is 26.7 Å². The van der Waals surface area contributed by atoms with Crippen LogP contribution in [0.5, 0.6) is 0 Å². The van der Waals surface area contributed by atoms with Crippen molar-refractivity contribution >= 4 is 12.2 Å². The van der Waals surface area contributed by atoms with Crippen molar-refractivity contribution < 1.29 is 5.11 Å². The predicted molar refractivity (Wildman–Crippen MR) is 87.8 cm³/mol. The van der Waals surface area contributed by atoms with Gasteiger partial charge in [0, 0.05) is 19.6 Å². The highest BCUT2D eigenvalue weighted by Crippen LogP contribution is 2.32. The van der Waals surface area contributed by atoms with Gasteiger partial charge in [-0.1, -0.05) is 31.2 Å². The summed E-state index contributed by atoms with van der Waals surface area (Å²) in [6.07, 6.45) is 2.11. The van der Waals surface area contributed by atoms with Crippen molar-refractivity contribution in [2.75, 3.05) is 6.54 Å². The van der Waals surface area contributed by atoms with E-state index in [-0.39, 0.29) is 6.61 Å². The molecule has 1 aromatic heterocycles. The zero-order valence-electron chi connectivity index (χ0n) is 13.1. The van der Waals surface area contributed by atoms with E-state index in [9.17, 15) is 5.11 Å². The highest BCUT2D eigenvalue weighted by Gasteiger charge is 2.26. The van der Waals surface area contributed by atoms with Gasteiger partial charge in [0.15, 0.2) is 10.6 Å². The fraction of sp³-hybridized carbons (Fsp3) is 0.500. The lowest BCUT2D eigenvalue weighted by atomic mass is 9.91. The summed E-state index contributed by atoms with van der Waals surface area (Å²) in [4.78, 5) is 2.42. The molecule has 1 aromatic carbocycles. The molecule has 0 bridgehead atoms. The summed E-state index contributed by atoms with van der Waals surface area (Å²) < 4.78 is 4.24. The Kier molecular flexibility index (Phi) is 4.42. The quantitative estimate of drug-likeness (QED) is 0.880. The lowest BCUT2D eigenvalue weighted by molar-refractivity contribution is 0.127. The number of nitrogens with zero attached hydrogens (tertiary/aromatic N) is 4. The minimum atomic E-state index is -0.0901. The average Bonchev–Trinajstić information content (AvgIpc) is 2.82. The molecule has 1 N–H and O–H groups in total. The smallest absolute Gasteiger partial charge is 0.198 e. The average molecular weight is 318 g/mol. The Morgan fingerprint density at radius 3 is 2.82 bits per heavy atom. The van der Waals surface area contributed by atoms with Gasteiger partial charge in [0.05, 0.1) is 6.67 Å². The first-order valence-corrected chi connectivity index (χ1v) is 8.12. The summed E-state index contributed by atoms with van der Waals surface area (Å²) in [7, 11) is 1.85. The van der Waals surface area contributed by atoms with E-state index in [1.165, 1.54) is 11.1 Å². The van der Waals surface area contributed by atoms with Gasteiger partial charge in [-0.25, -0.2) is 4.68 Å². The zero-order chi connectivity index (χ0) is 15.7. The molecule has 118 valence electrons. The Morgan fingerprint density at radius 2 is 2.14 bits per heavy atom. The molecule has 0 radical (unpaired) electrons. The van der Waals surface area contributed by atoms with Gasteiger partial charge in [0.25, 0.3) is 0 Å². The second-order valence-corrected chi connectivity index (χ2v) is 6.11. The lowest BCUT2D eigenvalue weighted by Crippen LogP contribution is -2.37. The third-order valence-electron chi connectivity index (χ3n) is 4.50. The van der Waals surface area contributed by atoms with Crippen molar-refractivity contribution in [3.63, 3.8) is 0 Å². The van der Waals surface area contributed by atoms with Crippen LogP contribution in [-0.4, -0.2) is 30.9 Å². The second kappa shape index (κ2) is 6.32. The third kappa shape index (κ3) is 2.62. The van der Waals surface area contributed by atoms with Gasteiger partial charge in [-0.3, -0.25) is 4.90 Å². The predicted octanol–water partition coefficient (Wildman–Crippen LogP) is 2.41. The van der Waals surface area contributed by atoms with Crippen LogP contribution >= 0.6 is 12.2 Å². The lowest BCUT2D eigenvalue weighted by Gasteiger charge is -2.36. The molecule has 2 aromatic rings. The Hall–Kier alpha value is -1.50. The SMILES string of the molecule is CCC1c2ccccc2CCN1Cn1nc(CO)n(C)c1=S. The molecule has 0 aliphatic carbocycles. The molecule has 1 unspecified atom stereocenters. The van der Waals surface area contributed by atoms with E-state index in [1.807, 2.05) is 11.7 Å². The highest BCUT2D eigenvalue weighted by atomic mass is 32.1. The monoisotopic (exact) mass is 318 g/mol. The molecular formula is C16H22N4OS. The van der Waals surface area contributed by atoms with Crippen molar-refractivity contribution in [2.24, 2.45) is 7.05 Å². The number of aromatic nitrogens is 3. The Bertz CT molecular complexity index is 721. The standard InChI is InChI=1S/C16H22N4OS/c1-3-14-13-7-5-4-6-12(13)8-9-19(14)11-20-16(22)18(2)15(10-21)17-20/h4-7,14,21H,3,8-11H2,1-2H3. The number of hydrogen-bond donors (Lipinski definition) is 1. The van der Waals surface area contributed by atoms with Gasteiger partial charge in [-0.2, -0.15) is 5.10 Å². The number of benzene rings is 1. The Balaban J connectivity index is 1.89. The summed E-state index contributed by atoms with van der Waals surface area (Å²) >= 11 is 5.43. The number of fused-ring (bicyclic) bond motifs is 1. The maximum Gasteiger partial charge on any atom is 0.198 e. The normalized spacial score (nSPS) is 18.4. The number of hydrogen-bond acceptors (Lipinski definition) is 4. The Morgan fingerprint density at radius 1 is 1.36 bits per heavy atom. The summed E-state index contributed by atoms with van der Waals surface area (Å²) in [5.41, 5.74) is 2.87. The van der Waals surface area contributed by atoms with Gasteiger partial charge in [-0.05, 0) is 36.2 Å². The first kappa shape index (κ1) is 15.4. The molecule has 22 heavy (non-hydrogen) atoms. The summed E-state index contributed by atoms with van der Waals surface area (Å²) in [5.74, 6) is 0.607. The molecule has 0 saturated heterocycles. The third-order valence-corrected chi connectivity index (χ3v) is 4.98. The van der Waals surface area contributed by atoms with Crippen molar-refractivity contribution in [1.29, 1.82) is 0 Å². The van der Waals surface area contributed by atoms with E-state index in [0.29, 0.717) is 23.3 Å². The molecule has 1 aliphatic rings. The number of aliphatic hydroxyl groups excluding tert-OH is 1. The van der Waals surface area contributed by atoms with Gasteiger partial charge in [0.1, 0.15) is 6.61 Å². The molecule has 6 heteroatoms. The van der Waals surface area contributed by atoms with Crippen LogP contribution in [0.1, 0.15) is 36.3 Å². The first-order chi connectivity index (χ1) is 10.7.